The maximum atomic E-state index is 13.7. The number of carbonyl (C=O) groups excluding carboxylic acids is 1. The number of amides is 1. The molecule has 8 nitrogen and oxygen atoms in total. The van der Waals surface area contributed by atoms with Crippen molar-refractivity contribution >= 4 is 16.9 Å². The molecule has 0 radical (unpaired) electrons. The molecule has 0 aliphatic heterocycles. The number of nitrogens with zero attached hydrogens (tertiary/aromatic N) is 3. The van der Waals surface area contributed by atoms with E-state index in [9.17, 15) is 9.18 Å². The molecule has 0 bridgehead atoms. The summed E-state index contributed by atoms with van der Waals surface area (Å²) in [5.41, 5.74) is 4.00. The Morgan fingerprint density at radius 3 is 2.71 bits per heavy atom. The average molecular weight is 509 g/mol. The van der Waals surface area contributed by atoms with Crippen molar-refractivity contribution in [2.45, 2.75) is 19.4 Å². The molecule has 0 atom stereocenters. The predicted octanol–water partition coefficient (Wildman–Crippen LogP) is 3.79. The zero-order valence-corrected chi connectivity index (χ0v) is 20.5. The van der Waals surface area contributed by atoms with Crippen LogP contribution >= 0.6 is 0 Å². The topological polar surface area (TPSA) is 109 Å². The number of aromatic nitrogens is 4. The molecule has 0 saturated carbocycles. The fraction of sp³-hybridized carbons (Fsp3) is 0.172. The van der Waals surface area contributed by atoms with Gasteiger partial charge in [0.1, 0.15) is 17.9 Å². The number of oxazole rings is 1. The summed E-state index contributed by atoms with van der Waals surface area (Å²) >= 11 is 0. The Labute approximate surface area is 218 Å². The number of benzene rings is 2. The first-order valence-electron chi connectivity index (χ1n) is 12.2. The highest BCUT2D eigenvalue weighted by molar-refractivity contribution is 5.91. The van der Waals surface area contributed by atoms with E-state index in [4.69, 9.17) is 4.42 Å². The van der Waals surface area contributed by atoms with Crippen molar-refractivity contribution in [2.24, 2.45) is 0 Å². The summed E-state index contributed by atoms with van der Waals surface area (Å²) < 4.78 is 19.1. The van der Waals surface area contributed by atoms with Crippen LogP contribution < -0.4 is 10.6 Å². The molecule has 3 N–H and O–H groups in total. The smallest absolute Gasteiger partial charge is 0.273 e. The Kier molecular flexibility index (Phi) is 7.82. The zero-order valence-electron chi connectivity index (χ0n) is 20.5. The number of nitrogens with one attached hydrogen (secondary N) is 3. The van der Waals surface area contributed by atoms with E-state index in [1.807, 2.05) is 48.5 Å². The number of hydrogen-bond acceptors (Lipinski definition) is 6. The number of fused-ring (bicyclic) bond motifs is 1. The lowest BCUT2D eigenvalue weighted by Crippen LogP contribution is -2.24. The molecule has 2 aromatic carbocycles. The van der Waals surface area contributed by atoms with Gasteiger partial charge in [0.25, 0.3) is 5.91 Å². The highest BCUT2D eigenvalue weighted by Crippen LogP contribution is 2.16. The van der Waals surface area contributed by atoms with Crippen LogP contribution in [0.25, 0.3) is 11.0 Å². The van der Waals surface area contributed by atoms with Gasteiger partial charge in [0.15, 0.2) is 11.6 Å². The van der Waals surface area contributed by atoms with E-state index >= 15 is 0 Å². The van der Waals surface area contributed by atoms with E-state index in [1.54, 1.807) is 0 Å². The van der Waals surface area contributed by atoms with Gasteiger partial charge in [0.05, 0.1) is 28.8 Å². The van der Waals surface area contributed by atoms with Crippen molar-refractivity contribution in [3.05, 3.63) is 113 Å². The Morgan fingerprint density at radius 1 is 0.974 bits per heavy atom. The van der Waals surface area contributed by atoms with Crippen molar-refractivity contribution in [1.82, 2.24) is 30.6 Å². The summed E-state index contributed by atoms with van der Waals surface area (Å²) in [5, 5.41) is 5.94. The molecule has 3 heterocycles. The summed E-state index contributed by atoms with van der Waals surface area (Å²) in [7, 11) is 0. The predicted molar refractivity (Wildman–Crippen MR) is 141 cm³/mol. The minimum atomic E-state index is -0.473. The van der Waals surface area contributed by atoms with Gasteiger partial charge < -0.3 is 20.0 Å². The lowest BCUT2D eigenvalue weighted by Gasteiger charge is -2.03. The maximum absolute atomic E-state index is 13.7. The molecule has 3 aromatic heterocycles. The highest BCUT2D eigenvalue weighted by Gasteiger charge is 2.13. The summed E-state index contributed by atoms with van der Waals surface area (Å²) in [6, 6.07) is 18.6. The third kappa shape index (κ3) is 6.30. The number of halogens is 1. The highest BCUT2D eigenvalue weighted by atomic mass is 19.1. The van der Waals surface area contributed by atoms with Crippen LogP contribution in [0.4, 0.5) is 4.39 Å². The summed E-state index contributed by atoms with van der Waals surface area (Å²) in [5.74, 6) is 6.83. The van der Waals surface area contributed by atoms with Crippen molar-refractivity contribution in [2.75, 3.05) is 13.1 Å². The number of carbonyl (C=O) groups is 1. The van der Waals surface area contributed by atoms with E-state index in [-0.39, 0.29) is 17.9 Å². The maximum Gasteiger partial charge on any atom is 0.273 e. The van der Waals surface area contributed by atoms with Gasteiger partial charge in [-0.1, -0.05) is 36.1 Å². The molecule has 38 heavy (non-hydrogen) atoms. The standard InChI is InChI=1S/C29H25FN6O2/c30-22-9-5-15-32-24(22)18-33-29(37)25-19-38-27(35-25)14-17-31-16-13-26-34-23-10-4-8-21(28(23)36-26)12-11-20-6-2-1-3-7-20/h1-10,15,19,31H,13-14,16-18H2,(H,33,37)(H,34,36). The Bertz CT molecular complexity index is 1600. The number of para-hydroxylation sites is 1. The molecule has 0 spiro atoms. The summed E-state index contributed by atoms with van der Waals surface area (Å²) in [6.07, 6.45) is 4.00. The van der Waals surface area contributed by atoms with Crippen molar-refractivity contribution in [1.29, 1.82) is 0 Å². The van der Waals surface area contributed by atoms with Gasteiger partial charge in [-0.05, 0) is 36.4 Å². The minimum absolute atomic E-state index is 0.0296. The van der Waals surface area contributed by atoms with Gasteiger partial charge in [0.2, 0.25) is 0 Å². The molecular weight excluding hydrogens is 483 g/mol. The zero-order chi connectivity index (χ0) is 26.2. The first kappa shape index (κ1) is 24.9. The van der Waals surface area contributed by atoms with Crippen LogP contribution in [-0.2, 0) is 19.4 Å². The van der Waals surface area contributed by atoms with E-state index in [0.717, 1.165) is 28.0 Å². The Balaban J connectivity index is 1.08. The van der Waals surface area contributed by atoms with Crippen LogP contribution in [0.3, 0.4) is 0 Å². The molecule has 0 unspecified atom stereocenters. The molecule has 0 aliphatic carbocycles. The van der Waals surface area contributed by atoms with Crippen molar-refractivity contribution < 1.29 is 13.6 Å². The molecule has 9 heteroatoms. The van der Waals surface area contributed by atoms with E-state index in [0.29, 0.717) is 31.8 Å². The number of H-pyrrole nitrogens is 1. The van der Waals surface area contributed by atoms with Crippen LogP contribution in [0.1, 0.15) is 39.0 Å². The molecule has 0 saturated heterocycles. The molecule has 1 amide bonds. The average Bonchev–Trinajstić information content (AvgIpc) is 3.59. The largest absolute Gasteiger partial charge is 0.448 e. The molecule has 5 rings (SSSR count). The molecular formula is C29H25FN6O2. The number of imidazole rings is 1. The van der Waals surface area contributed by atoms with E-state index < -0.39 is 11.7 Å². The van der Waals surface area contributed by atoms with Crippen LogP contribution in [-0.4, -0.2) is 38.9 Å². The first-order valence-corrected chi connectivity index (χ1v) is 12.2. The van der Waals surface area contributed by atoms with Crippen LogP contribution in [0.15, 0.2) is 77.5 Å². The Hall–Kier alpha value is -4.81. The number of rotatable bonds is 9. The lowest BCUT2D eigenvalue weighted by atomic mass is 10.1. The number of pyridine rings is 1. The second kappa shape index (κ2) is 12.0. The number of hydrogen-bond donors (Lipinski definition) is 3. The quantitative estimate of drug-likeness (QED) is 0.207. The van der Waals surface area contributed by atoms with Crippen molar-refractivity contribution in [3.8, 4) is 11.8 Å². The molecule has 0 fully saturated rings. The van der Waals surface area contributed by atoms with Gasteiger partial charge in [-0.3, -0.25) is 9.78 Å². The Morgan fingerprint density at radius 2 is 1.84 bits per heavy atom. The van der Waals surface area contributed by atoms with Gasteiger partial charge in [0, 0.05) is 37.7 Å². The minimum Gasteiger partial charge on any atom is -0.448 e. The van der Waals surface area contributed by atoms with E-state index in [2.05, 4.69) is 42.4 Å². The first-order chi connectivity index (χ1) is 18.7. The lowest BCUT2D eigenvalue weighted by molar-refractivity contribution is 0.0945. The molecule has 5 aromatic rings. The van der Waals surface area contributed by atoms with E-state index in [1.165, 1.54) is 24.6 Å². The summed E-state index contributed by atoms with van der Waals surface area (Å²) in [6.45, 7) is 1.29. The van der Waals surface area contributed by atoms with Crippen molar-refractivity contribution in [3.63, 3.8) is 0 Å². The molecule has 190 valence electrons. The fourth-order valence-electron chi connectivity index (χ4n) is 3.83. The van der Waals surface area contributed by atoms with Gasteiger partial charge in [-0.2, -0.15) is 0 Å². The SMILES string of the molecule is O=C(NCc1ncccc1F)c1coc(CCNCCc2nc3cccc(C#Cc4ccccc4)c3[nH]2)n1. The third-order valence-corrected chi connectivity index (χ3v) is 5.77. The third-order valence-electron chi connectivity index (χ3n) is 5.77. The number of aromatic amines is 1. The van der Waals surface area contributed by atoms with Gasteiger partial charge in [-0.15, -0.1) is 0 Å². The second-order valence-corrected chi connectivity index (χ2v) is 8.49. The second-order valence-electron chi connectivity index (χ2n) is 8.49. The fourth-order valence-corrected chi connectivity index (χ4v) is 3.83. The normalized spacial score (nSPS) is 10.8. The van der Waals surface area contributed by atoms with Gasteiger partial charge in [-0.25, -0.2) is 14.4 Å². The molecule has 0 aliphatic rings. The van der Waals surface area contributed by atoms with Gasteiger partial charge >= 0.3 is 0 Å². The van der Waals surface area contributed by atoms with Crippen LogP contribution in [0.5, 0.6) is 0 Å². The van der Waals surface area contributed by atoms with Crippen LogP contribution in [0, 0.1) is 17.7 Å². The summed E-state index contributed by atoms with van der Waals surface area (Å²) in [4.78, 5) is 28.5. The van der Waals surface area contributed by atoms with Crippen LogP contribution in [0.2, 0.25) is 0 Å². The monoisotopic (exact) mass is 508 g/mol.